The second-order valence-electron chi connectivity index (χ2n) is 6.66. The van der Waals surface area contributed by atoms with Crippen LogP contribution in [0.25, 0.3) is 0 Å². The first-order valence-corrected chi connectivity index (χ1v) is 8.55. The highest BCUT2D eigenvalue weighted by Gasteiger charge is 2.32. The van der Waals surface area contributed by atoms with Crippen LogP contribution in [-0.2, 0) is 17.6 Å². The first-order valence-electron chi connectivity index (χ1n) is 8.55. The molecule has 3 N–H and O–H groups in total. The summed E-state index contributed by atoms with van der Waals surface area (Å²) in [7, 11) is 1.68. The zero-order valence-corrected chi connectivity index (χ0v) is 14.1. The van der Waals surface area contributed by atoms with Gasteiger partial charge in [-0.3, -0.25) is 4.79 Å². The fraction of sp³-hybridized carbons (Fsp3) is 0.444. The van der Waals surface area contributed by atoms with Gasteiger partial charge in [-0.2, -0.15) is 9.78 Å². The molecule has 0 saturated heterocycles. The van der Waals surface area contributed by atoms with Crippen molar-refractivity contribution in [2.75, 3.05) is 24.7 Å². The van der Waals surface area contributed by atoms with Crippen molar-refractivity contribution in [2.45, 2.75) is 37.7 Å². The number of anilines is 2. The molecule has 7 heteroatoms. The molecule has 1 aromatic carbocycles. The van der Waals surface area contributed by atoms with E-state index in [1.54, 1.807) is 13.2 Å². The van der Waals surface area contributed by atoms with Gasteiger partial charge in [-0.05, 0) is 43.0 Å². The predicted molar refractivity (Wildman–Crippen MR) is 92.3 cm³/mol. The Morgan fingerprint density at radius 3 is 3.08 bits per heavy atom. The summed E-state index contributed by atoms with van der Waals surface area (Å²) in [6.45, 7) is 0.654. The Morgan fingerprint density at radius 1 is 1.44 bits per heavy atom. The molecule has 0 radical (unpaired) electrons. The number of nitrogens with one attached hydrogen (secondary N) is 1. The van der Waals surface area contributed by atoms with E-state index in [1.165, 1.54) is 16.8 Å². The number of nitrogens with zero attached hydrogens (tertiary/aromatic N) is 2. The number of nitrogens with two attached hydrogens (primary N) is 1. The Morgan fingerprint density at radius 2 is 2.28 bits per heavy atom. The van der Waals surface area contributed by atoms with Crippen LogP contribution < -0.4 is 11.1 Å². The third kappa shape index (κ3) is 2.68. The van der Waals surface area contributed by atoms with Crippen molar-refractivity contribution < 1.29 is 13.9 Å². The quantitative estimate of drug-likeness (QED) is 0.874. The third-order valence-corrected chi connectivity index (χ3v) is 5.22. The lowest BCUT2D eigenvalue weighted by atomic mass is 9.90. The van der Waals surface area contributed by atoms with Gasteiger partial charge < -0.3 is 15.8 Å². The lowest BCUT2D eigenvalue weighted by molar-refractivity contribution is 0.0859. The molecule has 0 saturated carbocycles. The maximum atomic E-state index is 13.7. The van der Waals surface area contributed by atoms with Gasteiger partial charge in [0.15, 0.2) is 0 Å². The molecular formula is C18H21FN4O2. The van der Waals surface area contributed by atoms with E-state index in [0.717, 1.165) is 29.8 Å². The normalized spacial score (nSPS) is 22.0. The van der Waals surface area contributed by atoms with Crippen LogP contribution in [0.3, 0.4) is 0 Å². The summed E-state index contributed by atoms with van der Waals surface area (Å²) >= 11 is 0. The molecule has 2 aliphatic rings. The van der Waals surface area contributed by atoms with Gasteiger partial charge in [0.05, 0.1) is 17.7 Å². The van der Waals surface area contributed by atoms with Gasteiger partial charge in [0.25, 0.3) is 5.91 Å². The fourth-order valence-electron chi connectivity index (χ4n) is 3.82. The van der Waals surface area contributed by atoms with Crippen LogP contribution in [0.2, 0.25) is 0 Å². The first-order chi connectivity index (χ1) is 12.1. The van der Waals surface area contributed by atoms with E-state index >= 15 is 0 Å². The number of methoxy groups -OCH3 is 1. The topological polar surface area (TPSA) is 82.2 Å². The van der Waals surface area contributed by atoms with Crippen LogP contribution in [0.1, 0.15) is 40.4 Å². The van der Waals surface area contributed by atoms with E-state index in [2.05, 4.69) is 10.4 Å². The van der Waals surface area contributed by atoms with Crippen molar-refractivity contribution in [1.82, 2.24) is 9.78 Å². The molecule has 6 nitrogen and oxygen atoms in total. The van der Waals surface area contributed by atoms with Crippen molar-refractivity contribution in [3.63, 3.8) is 0 Å². The predicted octanol–water partition coefficient (Wildman–Crippen LogP) is 2.35. The highest BCUT2D eigenvalue weighted by Crippen LogP contribution is 2.35. The number of nitrogen functional groups attached to an aromatic ring is 1. The summed E-state index contributed by atoms with van der Waals surface area (Å²) < 4.78 is 20.4. The molecular weight excluding hydrogens is 323 g/mol. The number of hydrogen-bond acceptors (Lipinski definition) is 5. The maximum Gasteiger partial charge on any atom is 0.256 e. The monoisotopic (exact) mass is 344 g/mol. The van der Waals surface area contributed by atoms with Crippen molar-refractivity contribution in [1.29, 1.82) is 0 Å². The number of ether oxygens (including phenoxy) is 1. The number of benzene rings is 1. The second-order valence-corrected chi connectivity index (χ2v) is 6.66. The molecule has 1 aliphatic carbocycles. The summed E-state index contributed by atoms with van der Waals surface area (Å²) in [5.41, 5.74) is 9.46. The highest BCUT2D eigenvalue weighted by molar-refractivity contribution is 5.90. The smallest absolute Gasteiger partial charge is 0.256 e. The molecule has 1 aromatic heterocycles. The molecule has 0 bridgehead atoms. The zero-order chi connectivity index (χ0) is 17.6. The summed E-state index contributed by atoms with van der Waals surface area (Å²) in [6.07, 6.45) is 2.98. The van der Waals surface area contributed by atoms with Gasteiger partial charge in [0, 0.05) is 31.3 Å². The van der Waals surface area contributed by atoms with Crippen molar-refractivity contribution in [3.8, 4) is 0 Å². The minimum Gasteiger partial charge on any atom is -0.385 e. The number of hydrogen-bond donors (Lipinski definition) is 2. The molecule has 0 amide bonds. The van der Waals surface area contributed by atoms with Gasteiger partial charge in [0.2, 0.25) is 0 Å². The average Bonchev–Trinajstić information content (AvgIpc) is 2.96. The molecule has 25 heavy (non-hydrogen) atoms. The highest BCUT2D eigenvalue weighted by atomic mass is 19.1. The van der Waals surface area contributed by atoms with Gasteiger partial charge in [-0.25, -0.2) is 4.39 Å². The molecule has 2 heterocycles. The van der Waals surface area contributed by atoms with E-state index in [0.29, 0.717) is 30.8 Å². The maximum absolute atomic E-state index is 13.7. The number of carbonyl (C=O) groups is 1. The molecule has 0 unspecified atom stereocenters. The average molecular weight is 344 g/mol. The molecule has 1 aliphatic heterocycles. The van der Waals surface area contributed by atoms with Gasteiger partial charge in [-0.15, -0.1) is 0 Å². The number of carbonyl (C=O) groups excluding carboxylic acids is 1. The molecule has 4 rings (SSSR count). The molecule has 0 fully saturated rings. The van der Waals surface area contributed by atoms with Gasteiger partial charge in [-0.1, -0.05) is 0 Å². The zero-order valence-electron chi connectivity index (χ0n) is 14.1. The number of halogens is 1. The van der Waals surface area contributed by atoms with E-state index in [4.69, 9.17) is 10.5 Å². The van der Waals surface area contributed by atoms with Crippen LogP contribution in [0.4, 0.5) is 15.9 Å². The van der Waals surface area contributed by atoms with Crippen molar-refractivity contribution in [3.05, 3.63) is 40.8 Å². The Kier molecular flexibility index (Phi) is 3.95. The number of rotatable bonds is 2. The van der Waals surface area contributed by atoms with Crippen molar-refractivity contribution in [2.24, 2.45) is 0 Å². The van der Waals surface area contributed by atoms with Crippen LogP contribution in [0.15, 0.2) is 18.2 Å². The molecule has 132 valence electrons. The number of aromatic nitrogens is 2. The third-order valence-electron chi connectivity index (χ3n) is 5.22. The fourth-order valence-corrected chi connectivity index (χ4v) is 3.82. The van der Waals surface area contributed by atoms with Gasteiger partial charge >= 0.3 is 0 Å². The van der Waals surface area contributed by atoms with Gasteiger partial charge in [0.1, 0.15) is 11.6 Å². The van der Waals surface area contributed by atoms with E-state index in [1.807, 2.05) is 0 Å². The molecule has 2 atom stereocenters. The molecule has 0 spiro atoms. The lowest BCUT2D eigenvalue weighted by Crippen LogP contribution is -2.28. The lowest BCUT2D eigenvalue weighted by Gasteiger charge is -2.25. The first kappa shape index (κ1) is 16.1. The summed E-state index contributed by atoms with van der Waals surface area (Å²) in [5, 5.41) is 7.67. The number of fused-ring (bicyclic) bond motifs is 2. The Hall–Kier alpha value is -2.41. The van der Waals surface area contributed by atoms with Crippen LogP contribution >= 0.6 is 0 Å². The SMILES string of the molecule is CO[C@H]1CCc2nn(C(=O)[C@H]3CCNc4ccc(F)cc43)c(N)c2C1. The van der Waals surface area contributed by atoms with Crippen molar-refractivity contribution >= 4 is 17.4 Å². The second kappa shape index (κ2) is 6.15. The van der Waals surface area contributed by atoms with E-state index in [9.17, 15) is 9.18 Å². The molecule has 2 aromatic rings. The van der Waals surface area contributed by atoms with Crippen LogP contribution in [-0.4, -0.2) is 35.4 Å². The van der Waals surface area contributed by atoms with Crippen LogP contribution in [0, 0.1) is 5.82 Å². The summed E-state index contributed by atoms with van der Waals surface area (Å²) in [6, 6.07) is 4.49. The Balaban J connectivity index is 1.70. The minimum absolute atomic E-state index is 0.108. The summed E-state index contributed by atoms with van der Waals surface area (Å²) in [5.74, 6) is -0.614. The minimum atomic E-state index is -0.450. The van der Waals surface area contributed by atoms with E-state index < -0.39 is 5.92 Å². The summed E-state index contributed by atoms with van der Waals surface area (Å²) in [4.78, 5) is 13.1. The largest absolute Gasteiger partial charge is 0.385 e. The Bertz CT molecular complexity index is 833. The standard InChI is InChI=1S/C18H21FN4O2/c1-25-11-3-5-16-14(9-11)17(20)23(22-16)18(24)12-6-7-21-15-4-2-10(19)8-13(12)15/h2,4,8,11-12,21H,3,5-7,9,20H2,1H3/t11-,12-/m0/s1. The van der Waals surface area contributed by atoms with E-state index in [-0.39, 0.29) is 17.8 Å². The van der Waals surface area contributed by atoms with Crippen LogP contribution in [0.5, 0.6) is 0 Å². The Labute approximate surface area is 145 Å². The number of aryl methyl sites for hydroxylation is 1.